The molecule has 2 amide bonds. The van der Waals surface area contributed by atoms with Crippen LogP contribution in [0.25, 0.3) is 11.2 Å². The summed E-state index contributed by atoms with van der Waals surface area (Å²) in [6.45, 7) is 30.1. The molecule has 0 saturated carbocycles. The molecule has 2 aromatic heterocycles. The molecule has 2 fully saturated rings. The van der Waals surface area contributed by atoms with Crippen molar-refractivity contribution in [1.82, 2.24) is 24.8 Å². The molecule has 4 rings (SSSR count). The molecule has 11 atom stereocenters. The number of ether oxygens (including phenoxy) is 7. The average Bonchev–Trinajstić information content (AvgIpc) is 3.62. The Labute approximate surface area is 399 Å². The van der Waals surface area contributed by atoms with Crippen molar-refractivity contribution < 1.29 is 75.9 Å². The largest absolute Gasteiger partial charge is 0.480 e. The Balaban J connectivity index is 1.40. The molecule has 24 heteroatoms. The van der Waals surface area contributed by atoms with E-state index >= 15 is 0 Å². The van der Waals surface area contributed by atoms with E-state index in [0.717, 1.165) is 27.1 Å². The van der Waals surface area contributed by atoms with Gasteiger partial charge in [0.15, 0.2) is 70.5 Å². The highest BCUT2D eigenvalue weighted by atomic mass is 28.4. The molecule has 2 saturated heterocycles. The fourth-order valence-electron chi connectivity index (χ4n) is 7.10. The molecule has 4 heterocycles. The SMILES string of the molecule is CC(=O)O[C@@H]1[C@@H](OC(C)=O)[C@@H](n2cnc3c(NC(=O)N[C@H](C(=O)O)[C@@H](C)OC(=O)CC[C@@H](C)O[C@@H]4O[C@@H](C)[C@H](O[Si](C)(C)C(C)(C)C)C[C@H]4O[Si](C)(C)C(C)(C)C)ncnc32)OC[C@H]1OC(C)=O. The second-order valence-corrected chi connectivity index (χ2v) is 30.0. The summed E-state index contributed by atoms with van der Waals surface area (Å²) in [5.74, 6) is -4.56. The molecule has 382 valence electrons. The number of urea groups is 1. The van der Waals surface area contributed by atoms with Gasteiger partial charge in [-0.3, -0.25) is 29.1 Å². The van der Waals surface area contributed by atoms with Crippen LogP contribution in [0.3, 0.4) is 0 Å². The third kappa shape index (κ3) is 14.5. The normalized spacial score (nSPS) is 25.1. The van der Waals surface area contributed by atoms with Crippen LogP contribution in [0, 0.1) is 0 Å². The van der Waals surface area contributed by atoms with E-state index in [0.29, 0.717) is 6.42 Å². The quantitative estimate of drug-likeness (QED) is 0.0910. The van der Waals surface area contributed by atoms with E-state index in [1.165, 1.54) is 17.8 Å². The number of carboxylic acid groups (broad SMARTS) is 1. The number of imidazole rings is 1. The molecule has 0 aromatic carbocycles. The number of anilines is 1. The minimum Gasteiger partial charge on any atom is -0.480 e. The number of aliphatic carboxylic acids is 1. The maximum absolute atomic E-state index is 13.3. The molecule has 0 aliphatic carbocycles. The monoisotopic (exact) mass is 996 g/mol. The van der Waals surface area contributed by atoms with Crippen LogP contribution in [-0.2, 0) is 66.0 Å². The lowest BCUT2D eigenvalue weighted by atomic mass is 10.0. The molecule has 2 aromatic rings. The van der Waals surface area contributed by atoms with Gasteiger partial charge in [-0.15, -0.1) is 0 Å². The van der Waals surface area contributed by atoms with E-state index in [9.17, 15) is 33.9 Å². The summed E-state index contributed by atoms with van der Waals surface area (Å²) in [4.78, 5) is 87.6. The molecule has 0 radical (unpaired) electrons. The van der Waals surface area contributed by atoms with Gasteiger partial charge in [-0.2, -0.15) is 0 Å². The van der Waals surface area contributed by atoms with E-state index < -0.39 is 108 Å². The van der Waals surface area contributed by atoms with E-state index in [1.54, 1.807) is 0 Å². The molecule has 68 heavy (non-hydrogen) atoms. The number of rotatable bonds is 18. The van der Waals surface area contributed by atoms with Crippen molar-refractivity contribution in [2.45, 2.75) is 206 Å². The highest BCUT2D eigenvalue weighted by Gasteiger charge is 2.50. The maximum atomic E-state index is 13.3. The van der Waals surface area contributed by atoms with Gasteiger partial charge in [0.2, 0.25) is 0 Å². The number of aromatic nitrogens is 4. The molecular weight excluding hydrogens is 925 g/mol. The number of amides is 2. The van der Waals surface area contributed by atoms with Crippen LogP contribution in [0.5, 0.6) is 0 Å². The summed E-state index contributed by atoms with van der Waals surface area (Å²) in [5, 5.41) is 14.8. The standard InChI is InChI=1S/C44H72N6O16Si2/c1-23(59-41-30(66-68(15,16)44(10,11)12)19-29(24(2)61-41)65-67(13,14)43(7,8)9)17-18-32(54)60-25(3)33(40(55)56)48-42(57)49-37-34-38(46-21-45-37)50(22-47-34)39-36(64-28(6)53)35(63-27(5)52)31(20-58-39)62-26(4)51/h21-25,29-31,33,35-36,39,41H,17-20H2,1-16H3,(H,55,56)(H2,45,46,48,49,57)/t23-,24+,25-,29-,30-,31-,33+,35+,36-,39+,41-/m1/s1. The fraction of sp³-hybridized carbons (Fsp3) is 0.750. The first-order valence-corrected chi connectivity index (χ1v) is 28.6. The lowest BCUT2D eigenvalue weighted by Gasteiger charge is -2.48. The maximum Gasteiger partial charge on any atom is 0.330 e. The highest BCUT2D eigenvalue weighted by Crippen LogP contribution is 2.43. The van der Waals surface area contributed by atoms with Crippen molar-refractivity contribution in [3.8, 4) is 0 Å². The molecule has 0 bridgehead atoms. The number of nitrogens with zero attached hydrogens (tertiary/aromatic N) is 4. The van der Waals surface area contributed by atoms with Crippen LogP contribution in [0.4, 0.5) is 10.6 Å². The van der Waals surface area contributed by atoms with Gasteiger partial charge >= 0.3 is 35.9 Å². The predicted molar refractivity (Wildman–Crippen MR) is 249 cm³/mol. The van der Waals surface area contributed by atoms with E-state index in [4.69, 9.17) is 42.0 Å². The van der Waals surface area contributed by atoms with Gasteiger partial charge in [-0.05, 0) is 63.5 Å². The lowest BCUT2D eigenvalue weighted by Crippen LogP contribution is -2.57. The van der Waals surface area contributed by atoms with Crippen molar-refractivity contribution >= 4 is 69.5 Å². The Morgan fingerprint density at radius 2 is 1.41 bits per heavy atom. The van der Waals surface area contributed by atoms with Crippen molar-refractivity contribution in [2.24, 2.45) is 0 Å². The number of hydrogen-bond donors (Lipinski definition) is 3. The van der Waals surface area contributed by atoms with Crippen molar-refractivity contribution in [2.75, 3.05) is 11.9 Å². The minimum absolute atomic E-state index is 0.00436. The second-order valence-electron chi connectivity index (χ2n) is 20.4. The molecule has 0 spiro atoms. The van der Waals surface area contributed by atoms with E-state index in [-0.39, 0.29) is 58.7 Å². The number of carbonyl (C=O) groups excluding carboxylic acids is 5. The lowest BCUT2D eigenvalue weighted by molar-refractivity contribution is -0.268. The summed E-state index contributed by atoms with van der Waals surface area (Å²) >= 11 is 0. The van der Waals surface area contributed by atoms with Crippen LogP contribution in [0.2, 0.25) is 36.3 Å². The van der Waals surface area contributed by atoms with Crippen LogP contribution < -0.4 is 10.6 Å². The average molecular weight is 997 g/mol. The zero-order chi connectivity index (χ0) is 51.3. The third-order valence-corrected chi connectivity index (χ3v) is 21.8. The van der Waals surface area contributed by atoms with E-state index in [2.05, 4.69) is 93.3 Å². The Morgan fingerprint density at radius 3 is 1.97 bits per heavy atom. The van der Waals surface area contributed by atoms with Gasteiger partial charge in [0.1, 0.15) is 12.4 Å². The first kappa shape index (κ1) is 56.0. The highest BCUT2D eigenvalue weighted by molar-refractivity contribution is 6.74. The fourth-order valence-corrected chi connectivity index (χ4v) is 9.82. The second kappa shape index (κ2) is 22.4. The molecule has 0 unspecified atom stereocenters. The van der Waals surface area contributed by atoms with Crippen molar-refractivity contribution in [3.63, 3.8) is 0 Å². The summed E-state index contributed by atoms with van der Waals surface area (Å²) in [6, 6.07) is -2.73. The minimum atomic E-state index is -2.29. The van der Waals surface area contributed by atoms with Crippen LogP contribution in [-0.4, -0.2) is 145 Å². The van der Waals surface area contributed by atoms with E-state index in [1.807, 2.05) is 13.8 Å². The Kier molecular flexibility index (Phi) is 18.5. The predicted octanol–water partition coefficient (Wildman–Crippen LogP) is 5.76. The number of carboxylic acids is 1. The topological polar surface area (TPSA) is 273 Å². The smallest absolute Gasteiger partial charge is 0.330 e. The summed E-state index contributed by atoms with van der Waals surface area (Å²) in [6.07, 6.45) is -5.45. The Morgan fingerprint density at radius 1 is 0.838 bits per heavy atom. The summed E-state index contributed by atoms with van der Waals surface area (Å²) in [7, 11) is -4.44. The van der Waals surface area contributed by atoms with Crippen LogP contribution in [0.1, 0.15) is 109 Å². The Hall–Kier alpha value is -4.60. The van der Waals surface area contributed by atoms with Gasteiger partial charge < -0.3 is 52.4 Å². The number of carbonyl (C=O) groups is 6. The third-order valence-electron chi connectivity index (χ3n) is 12.8. The van der Waals surface area contributed by atoms with Crippen LogP contribution in [0.15, 0.2) is 12.7 Å². The van der Waals surface area contributed by atoms with Crippen molar-refractivity contribution in [1.29, 1.82) is 0 Å². The first-order valence-electron chi connectivity index (χ1n) is 22.8. The molecular formula is C44H72N6O16Si2. The number of fused-ring (bicyclic) bond motifs is 1. The van der Waals surface area contributed by atoms with Gasteiger partial charge in [0, 0.05) is 33.6 Å². The van der Waals surface area contributed by atoms with Gasteiger partial charge in [0.05, 0.1) is 37.4 Å². The molecule has 2 aliphatic heterocycles. The molecule has 3 N–H and O–H groups in total. The first-order chi connectivity index (χ1) is 31.3. The molecule has 22 nitrogen and oxygen atoms in total. The zero-order valence-corrected chi connectivity index (χ0v) is 44.2. The summed E-state index contributed by atoms with van der Waals surface area (Å²) in [5.41, 5.74) is 0.0650. The number of hydrogen-bond acceptors (Lipinski definition) is 18. The summed E-state index contributed by atoms with van der Waals surface area (Å²) < 4.78 is 55.7. The van der Waals surface area contributed by atoms with Gasteiger partial charge in [0.25, 0.3) is 0 Å². The van der Waals surface area contributed by atoms with Gasteiger partial charge in [-0.25, -0.2) is 24.5 Å². The number of esters is 4. The number of nitrogens with one attached hydrogen (secondary N) is 2. The van der Waals surface area contributed by atoms with Crippen LogP contribution >= 0.6 is 0 Å². The van der Waals surface area contributed by atoms with Gasteiger partial charge in [-0.1, -0.05) is 41.5 Å². The molecule has 2 aliphatic rings. The Bertz CT molecular complexity index is 2130. The van der Waals surface area contributed by atoms with Crippen molar-refractivity contribution in [3.05, 3.63) is 12.7 Å². The zero-order valence-electron chi connectivity index (χ0n) is 42.2.